The van der Waals surface area contributed by atoms with Gasteiger partial charge >= 0.3 is 18.2 Å². The second-order valence-electron chi connectivity index (χ2n) is 11.3. The molecule has 0 aromatic heterocycles. The summed E-state index contributed by atoms with van der Waals surface area (Å²) in [5.41, 5.74) is -0.459. The van der Waals surface area contributed by atoms with Crippen LogP contribution in [0.25, 0.3) is 0 Å². The molecule has 1 aliphatic rings. The quantitative estimate of drug-likeness (QED) is 0.264. The van der Waals surface area contributed by atoms with Gasteiger partial charge in [0.15, 0.2) is 0 Å². The van der Waals surface area contributed by atoms with E-state index in [1.54, 1.807) is 48.5 Å². The van der Waals surface area contributed by atoms with Gasteiger partial charge in [0.25, 0.3) is 0 Å². The third-order valence-corrected chi connectivity index (χ3v) is 5.59. The Morgan fingerprint density at radius 3 is 2.06 bits per heavy atom. The van der Waals surface area contributed by atoms with Gasteiger partial charge in [-0.05, 0) is 79.7 Å². The smallest absolute Gasteiger partial charge is 0.420 e. The Morgan fingerprint density at radius 1 is 0.944 bits per heavy atom. The van der Waals surface area contributed by atoms with E-state index in [-0.39, 0.29) is 12.5 Å². The number of cyclic esters (lactones) is 1. The van der Waals surface area contributed by atoms with Crippen molar-refractivity contribution in [1.82, 2.24) is 4.90 Å². The van der Waals surface area contributed by atoms with Gasteiger partial charge in [0.1, 0.15) is 23.3 Å². The van der Waals surface area contributed by atoms with Crippen LogP contribution in [0.5, 0.6) is 0 Å². The summed E-state index contributed by atoms with van der Waals surface area (Å²) in [6.07, 6.45) is 1.44. The van der Waals surface area contributed by atoms with Crippen molar-refractivity contribution in [3.63, 3.8) is 0 Å². The predicted octanol–water partition coefficient (Wildman–Crippen LogP) is 6.05. The van der Waals surface area contributed by atoms with Gasteiger partial charge in [-0.1, -0.05) is 43.2 Å². The van der Waals surface area contributed by atoms with Crippen LogP contribution in [0.3, 0.4) is 0 Å². The highest BCUT2D eigenvalue weighted by atomic mass is 16.6. The van der Waals surface area contributed by atoms with Gasteiger partial charge in [-0.25, -0.2) is 14.4 Å². The van der Waals surface area contributed by atoms with Crippen molar-refractivity contribution >= 4 is 18.2 Å². The molecule has 2 rings (SSSR count). The maximum atomic E-state index is 13.2. The van der Waals surface area contributed by atoms with E-state index in [1.165, 1.54) is 5.56 Å². The molecule has 0 radical (unpaired) electrons. The third kappa shape index (κ3) is 10.2. The molecule has 202 valence electrons. The average Bonchev–Trinajstić information content (AvgIpc) is 2.80. The fourth-order valence-corrected chi connectivity index (χ4v) is 3.93. The molecular weight excluding hydrogens is 462 g/mol. The van der Waals surface area contributed by atoms with Crippen LogP contribution >= 0.6 is 0 Å². The zero-order valence-electron chi connectivity index (χ0n) is 22.9. The maximum absolute atomic E-state index is 13.2. The van der Waals surface area contributed by atoms with Crippen LogP contribution in [-0.2, 0) is 30.2 Å². The number of carbonyl (C=O) groups is 3. The van der Waals surface area contributed by atoms with Gasteiger partial charge in [-0.15, -0.1) is 0 Å². The SMILES string of the molecule is C[C@@H]1OC(=O)[C@@H](N(C(=O)OC(C)(C)C)C(=O)OC(C)(C)C)CCCC[C@H]1OCCCc1ccccc1. The molecule has 8 nitrogen and oxygen atoms in total. The van der Waals surface area contributed by atoms with E-state index in [0.29, 0.717) is 19.4 Å². The fraction of sp³-hybridized carbons (Fsp3) is 0.679. The minimum atomic E-state index is -1.14. The molecule has 1 aromatic rings. The molecule has 0 bridgehead atoms. The second-order valence-corrected chi connectivity index (χ2v) is 11.3. The highest BCUT2D eigenvalue weighted by Crippen LogP contribution is 2.24. The topological polar surface area (TPSA) is 91.4 Å². The van der Waals surface area contributed by atoms with E-state index < -0.39 is 41.5 Å². The van der Waals surface area contributed by atoms with Crippen LogP contribution in [0.2, 0.25) is 0 Å². The van der Waals surface area contributed by atoms with Gasteiger partial charge < -0.3 is 18.9 Å². The standard InChI is InChI=1S/C28H43NO7/c1-20-23(33-19-13-16-21-14-9-8-10-15-21)18-12-11-17-22(24(30)34-20)29(25(31)35-27(2,3)4)26(32)36-28(5,6)7/h8-10,14-15,20,22-23H,11-13,16-19H2,1-7H3/t20-,22-,23+/m0/s1. The fourth-order valence-electron chi connectivity index (χ4n) is 3.93. The molecule has 2 amide bonds. The number of amides is 2. The number of hydrogen-bond donors (Lipinski definition) is 0. The van der Waals surface area contributed by atoms with Crippen LogP contribution in [0.1, 0.15) is 86.1 Å². The molecule has 0 saturated carbocycles. The van der Waals surface area contributed by atoms with E-state index >= 15 is 0 Å². The molecule has 0 N–H and O–H groups in total. The zero-order valence-corrected chi connectivity index (χ0v) is 22.9. The Kier molecular flexibility index (Phi) is 10.8. The first-order chi connectivity index (χ1) is 16.8. The summed E-state index contributed by atoms with van der Waals surface area (Å²) >= 11 is 0. The van der Waals surface area contributed by atoms with Crippen LogP contribution in [-0.4, -0.2) is 59.1 Å². The minimum Gasteiger partial charge on any atom is -0.458 e. The van der Waals surface area contributed by atoms with Crippen molar-refractivity contribution in [1.29, 1.82) is 0 Å². The molecule has 3 atom stereocenters. The monoisotopic (exact) mass is 505 g/mol. The number of hydrogen-bond acceptors (Lipinski definition) is 7. The van der Waals surface area contributed by atoms with Gasteiger partial charge in [-0.2, -0.15) is 4.90 Å². The van der Waals surface area contributed by atoms with Gasteiger partial charge in [-0.3, -0.25) is 0 Å². The Labute approximate surface area is 215 Å². The Balaban J connectivity index is 2.09. The lowest BCUT2D eigenvalue weighted by molar-refractivity contribution is -0.161. The number of benzene rings is 1. The first kappa shape index (κ1) is 29.6. The summed E-state index contributed by atoms with van der Waals surface area (Å²) in [6, 6.07) is 9.06. The Morgan fingerprint density at radius 2 is 1.50 bits per heavy atom. The van der Waals surface area contributed by atoms with Crippen molar-refractivity contribution in [2.75, 3.05) is 6.61 Å². The maximum Gasteiger partial charge on any atom is 0.420 e. The van der Waals surface area contributed by atoms with Gasteiger partial charge in [0.2, 0.25) is 0 Å². The second kappa shape index (κ2) is 13.1. The minimum absolute atomic E-state index is 0.255. The number of imide groups is 1. The third-order valence-electron chi connectivity index (χ3n) is 5.59. The summed E-state index contributed by atoms with van der Waals surface area (Å²) in [6.45, 7) is 12.5. The van der Waals surface area contributed by atoms with Crippen molar-refractivity contribution < 1.29 is 33.3 Å². The molecule has 8 heteroatoms. The normalized spacial score (nSPS) is 21.4. The summed E-state index contributed by atoms with van der Waals surface area (Å²) < 4.78 is 22.7. The van der Waals surface area contributed by atoms with Crippen LogP contribution in [0.4, 0.5) is 9.59 Å². The lowest BCUT2D eigenvalue weighted by Crippen LogP contribution is -2.53. The highest BCUT2D eigenvalue weighted by Gasteiger charge is 2.42. The zero-order chi connectivity index (χ0) is 26.9. The summed E-state index contributed by atoms with van der Waals surface area (Å²) in [7, 11) is 0. The van der Waals surface area contributed by atoms with Gasteiger partial charge in [0, 0.05) is 6.61 Å². The largest absolute Gasteiger partial charge is 0.458 e. The summed E-state index contributed by atoms with van der Waals surface area (Å²) in [5.74, 6) is -0.668. The molecule has 1 fully saturated rings. The van der Waals surface area contributed by atoms with E-state index in [2.05, 4.69) is 12.1 Å². The van der Waals surface area contributed by atoms with E-state index in [0.717, 1.165) is 24.2 Å². The number of esters is 1. The van der Waals surface area contributed by atoms with Crippen LogP contribution < -0.4 is 0 Å². The molecule has 0 unspecified atom stereocenters. The number of rotatable bonds is 6. The predicted molar refractivity (Wildman–Crippen MR) is 137 cm³/mol. The summed E-state index contributed by atoms with van der Waals surface area (Å²) in [4.78, 5) is 40.1. The Bertz CT molecular complexity index is 829. The van der Waals surface area contributed by atoms with Crippen molar-refractivity contribution in [2.45, 2.75) is 116 Å². The Hall–Kier alpha value is -2.61. The average molecular weight is 506 g/mol. The molecule has 1 aromatic carbocycles. The van der Waals surface area contributed by atoms with E-state index in [9.17, 15) is 14.4 Å². The molecule has 0 aliphatic carbocycles. The first-order valence-corrected chi connectivity index (χ1v) is 12.9. The van der Waals surface area contributed by atoms with Crippen molar-refractivity contribution in [3.8, 4) is 0 Å². The number of ether oxygens (including phenoxy) is 4. The van der Waals surface area contributed by atoms with Crippen LogP contribution in [0.15, 0.2) is 30.3 Å². The lowest BCUT2D eigenvalue weighted by atomic mass is 10.0. The number of nitrogens with zero attached hydrogens (tertiary/aromatic N) is 1. The van der Waals surface area contributed by atoms with E-state index in [4.69, 9.17) is 18.9 Å². The molecule has 1 heterocycles. The molecule has 0 spiro atoms. The van der Waals surface area contributed by atoms with Crippen LogP contribution in [0, 0.1) is 0 Å². The first-order valence-electron chi connectivity index (χ1n) is 12.9. The molecular formula is C28H43NO7. The van der Waals surface area contributed by atoms with Crippen molar-refractivity contribution in [3.05, 3.63) is 35.9 Å². The van der Waals surface area contributed by atoms with Gasteiger partial charge in [0.05, 0.1) is 6.10 Å². The summed E-state index contributed by atoms with van der Waals surface area (Å²) in [5, 5.41) is 0. The number of aryl methyl sites for hydroxylation is 1. The highest BCUT2D eigenvalue weighted by molar-refractivity contribution is 5.94. The molecule has 1 saturated heterocycles. The molecule has 36 heavy (non-hydrogen) atoms. The number of carbonyl (C=O) groups excluding carboxylic acids is 3. The van der Waals surface area contributed by atoms with Crippen molar-refractivity contribution in [2.24, 2.45) is 0 Å². The molecule has 1 aliphatic heterocycles. The lowest BCUT2D eigenvalue weighted by Gasteiger charge is -2.32. The van der Waals surface area contributed by atoms with E-state index in [1.807, 2.05) is 18.2 Å².